The van der Waals surface area contributed by atoms with E-state index in [0.29, 0.717) is 18.6 Å². The van der Waals surface area contributed by atoms with Crippen molar-refractivity contribution in [1.82, 2.24) is 4.90 Å². The molecule has 0 aromatic heterocycles. The van der Waals surface area contributed by atoms with Crippen LogP contribution in [0.2, 0.25) is 0 Å². The van der Waals surface area contributed by atoms with Gasteiger partial charge in [-0.1, -0.05) is 18.2 Å². The van der Waals surface area contributed by atoms with Crippen LogP contribution >= 0.6 is 0 Å². The number of benzene rings is 1. The maximum Gasteiger partial charge on any atom is 0.338 e. The lowest BCUT2D eigenvalue weighted by Gasteiger charge is -2.67. The molecule has 1 saturated heterocycles. The standard InChI is InChI=1S/C31H41NO8/c1-32-14-29(15-36-2)12-11-18(37-3)31-17-13-30(35)26(40-28(34)16-9-7-6-8-10-16)19(17)20(22(33)27(30)39-5)21(25(31)32)23(38-4)24(29)31/h6-10,17-21,23-27,35H,11-15H2,1-5H3/t17-,18-,19-,20-,21?,23-,24+,25?,26+,27-,29-,30-,31?/m0/s1. The lowest BCUT2D eigenvalue weighted by molar-refractivity contribution is -0.247. The molecule has 9 heteroatoms. The summed E-state index contributed by atoms with van der Waals surface area (Å²) in [4.78, 5) is 30.3. The number of hydrogen-bond donors (Lipinski definition) is 1. The minimum atomic E-state index is -1.63. The highest BCUT2D eigenvalue weighted by Gasteiger charge is 2.86. The van der Waals surface area contributed by atoms with Crippen LogP contribution in [0.4, 0.5) is 0 Å². The third-order valence-electron chi connectivity index (χ3n) is 12.1. The highest BCUT2D eigenvalue weighted by molar-refractivity contribution is 5.92. The van der Waals surface area contributed by atoms with Gasteiger partial charge in [-0.2, -0.15) is 0 Å². The Balaban J connectivity index is 1.43. The van der Waals surface area contributed by atoms with Crippen LogP contribution in [0.5, 0.6) is 0 Å². The lowest BCUT2D eigenvalue weighted by atomic mass is 9.44. The number of carbonyl (C=O) groups excluding carboxylic acids is 2. The summed E-state index contributed by atoms with van der Waals surface area (Å²) in [5.74, 6) is -1.64. The molecule has 0 radical (unpaired) electrons. The Bertz CT molecular complexity index is 1200. The molecule has 1 N–H and O–H groups in total. The van der Waals surface area contributed by atoms with Crippen LogP contribution < -0.4 is 0 Å². The van der Waals surface area contributed by atoms with E-state index in [1.54, 1.807) is 45.6 Å². The Labute approximate surface area is 235 Å². The van der Waals surface area contributed by atoms with Crippen molar-refractivity contribution in [3.05, 3.63) is 35.9 Å². The van der Waals surface area contributed by atoms with E-state index in [0.717, 1.165) is 19.4 Å². The fourth-order valence-corrected chi connectivity index (χ4v) is 11.6. The average Bonchev–Trinajstić information content (AvgIpc) is 3.30. The second-order valence-corrected chi connectivity index (χ2v) is 13.3. The number of hydrogen-bond acceptors (Lipinski definition) is 9. The largest absolute Gasteiger partial charge is 0.455 e. The number of carbonyl (C=O) groups is 2. The molecular weight excluding hydrogens is 514 g/mol. The van der Waals surface area contributed by atoms with Crippen LogP contribution in [0.25, 0.3) is 0 Å². The number of piperidine rings is 1. The minimum absolute atomic E-state index is 0.0244. The molecule has 7 rings (SSSR count). The molecule has 1 heterocycles. The number of ether oxygens (including phenoxy) is 5. The van der Waals surface area contributed by atoms with Crippen molar-refractivity contribution in [3.8, 4) is 0 Å². The maximum absolute atomic E-state index is 14.4. The SMILES string of the molecule is COC[C@@]12CC[C@H](OC)C34C(C([C@H]5C(=O)[C@H](OC)[C@]6(O)C[C@H]3[C@@H]5[C@H]6OC(=O)c3ccccc3)[C@H](OC)[C@@H]41)N(C)C2. The van der Waals surface area contributed by atoms with Crippen molar-refractivity contribution in [3.63, 3.8) is 0 Å². The molecule has 6 fully saturated rings. The smallest absolute Gasteiger partial charge is 0.338 e. The lowest BCUT2D eigenvalue weighted by Crippen LogP contribution is -2.74. The second kappa shape index (κ2) is 9.06. The van der Waals surface area contributed by atoms with E-state index in [1.807, 2.05) is 6.07 Å². The monoisotopic (exact) mass is 555 g/mol. The van der Waals surface area contributed by atoms with Gasteiger partial charge in [0, 0.05) is 75.5 Å². The fourth-order valence-electron chi connectivity index (χ4n) is 11.6. The van der Waals surface area contributed by atoms with Gasteiger partial charge in [-0.15, -0.1) is 0 Å². The predicted molar refractivity (Wildman–Crippen MR) is 142 cm³/mol. The molecule has 1 spiro atoms. The first-order valence-corrected chi connectivity index (χ1v) is 14.5. The highest BCUT2D eigenvalue weighted by Crippen LogP contribution is 2.78. The highest BCUT2D eigenvalue weighted by atomic mass is 16.6. The van der Waals surface area contributed by atoms with Gasteiger partial charge < -0.3 is 33.7 Å². The zero-order chi connectivity index (χ0) is 28.2. The number of fused-ring (bicyclic) bond motifs is 2. The van der Waals surface area contributed by atoms with E-state index in [4.69, 9.17) is 23.7 Å². The molecule has 1 aliphatic heterocycles. The van der Waals surface area contributed by atoms with Crippen LogP contribution in [0.15, 0.2) is 30.3 Å². The molecule has 13 atom stereocenters. The molecule has 5 saturated carbocycles. The maximum atomic E-state index is 14.4. The summed E-state index contributed by atoms with van der Waals surface area (Å²) < 4.78 is 30.8. The molecule has 218 valence electrons. The van der Waals surface area contributed by atoms with E-state index in [2.05, 4.69) is 11.9 Å². The summed E-state index contributed by atoms with van der Waals surface area (Å²) in [6, 6.07) is 8.86. The van der Waals surface area contributed by atoms with Crippen molar-refractivity contribution < 1.29 is 38.4 Å². The molecular formula is C31H41NO8. The average molecular weight is 556 g/mol. The van der Waals surface area contributed by atoms with Crippen molar-refractivity contribution in [2.24, 2.45) is 40.4 Å². The molecule has 0 amide bonds. The summed E-state index contributed by atoms with van der Waals surface area (Å²) in [6.07, 6.45) is -0.146. The topological polar surface area (TPSA) is 104 Å². The number of esters is 1. The summed E-state index contributed by atoms with van der Waals surface area (Å²) in [5, 5.41) is 12.4. The first-order valence-electron chi connectivity index (χ1n) is 14.5. The van der Waals surface area contributed by atoms with Gasteiger partial charge in [0.1, 0.15) is 17.8 Å². The Morgan fingerprint density at radius 3 is 2.48 bits per heavy atom. The van der Waals surface area contributed by atoms with Crippen LogP contribution in [0, 0.1) is 40.4 Å². The molecule has 6 aliphatic rings. The number of Topliss-reactive ketones (excluding diaryl/α,β-unsaturated/α-hetero) is 1. The van der Waals surface area contributed by atoms with Crippen molar-refractivity contribution in [2.75, 3.05) is 48.6 Å². The predicted octanol–water partition coefficient (Wildman–Crippen LogP) is 1.81. The molecule has 40 heavy (non-hydrogen) atoms. The number of ketones is 1. The first kappa shape index (κ1) is 27.0. The summed E-state index contributed by atoms with van der Waals surface area (Å²) >= 11 is 0. The molecule has 1 aromatic rings. The van der Waals surface area contributed by atoms with Gasteiger partial charge in [-0.05, 0) is 44.4 Å². The molecule has 9 nitrogen and oxygen atoms in total. The summed E-state index contributed by atoms with van der Waals surface area (Å²) in [5.41, 5.74) is -1.80. The third kappa shape index (κ3) is 2.99. The Hall–Kier alpha value is -1.88. The van der Waals surface area contributed by atoms with E-state index in [9.17, 15) is 14.7 Å². The van der Waals surface area contributed by atoms with E-state index < -0.39 is 35.1 Å². The van der Waals surface area contributed by atoms with Gasteiger partial charge in [0.2, 0.25) is 0 Å². The van der Waals surface area contributed by atoms with E-state index in [1.165, 1.54) is 7.11 Å². The number of nitrogens with zero attached hydrogens (tertiary/aromatic N) is 1. The normalized spacial score (nSPS) is 50.2. The fraction of sp³-hybridized carbons (Fsp3) is 0.742. The number of likely N-dealkylation sites (tertiary alicyclic amines) is 1. The molecule has 1 aromatic carbocycles. The summed E-state index contributed by atoms with van der Waals surface area (Å²) in [7, 11) is 8.93. The van der Waals surface area contributed by atoms with Gasteiger partial charge in [0.15, 0.2) is 5.78 Å². The van der Waals surface area contributed by atoms with Gasteiger partial charge in [-0.3, -0.25) is 4.79 Å². The van der Waals surface area contributed by atoms with Gasteiger partial charge in [0.05, 0.1) is 24.4 Å². The van der Waals surface area contributed by atoms with Gasteiger partial charge in [0.25, 0.3) is 0 Å². The first-order chi connectivity index (χ1) is 19.2. The number of rotatable bonds is 7. The summed E-state index contributed by atoms with van der Waals surface area (Å²) in [6.45, 7) is 1.44. The second-order valence-electron chi connectivity index (χ2n) is 13.3. The quantitative estimate of drug-likeness (QED) is 0.505. The number of aliphatic hydroxyl groups is 1. The van der Waals surface area contributed by atoms with Crippen molar-refractivity contribution in [2.45, 2.75) is 55.3 Å². The van der Waals surface area contributed by atoms with E-state index in [-0.39, 0.29) is 53.1 Å². The minimum Gasteiger partial charge on any atom is -0.455 e. The number of methoxy groups -OCH3 is 4. The molecule has 7 bridgehead atoms. The van der Waals surface area contributed by atoms with Crippen molar-refractivity contribution in [1.29, 1.82) is 0 Å². The van der Waals surface area contributed by atoms with Crippen molar-refractivity contribution >= 4 is 11.8 Å². The zero-order valence-electron chi connectivity index (χ0n) is 23.9. The van der Waals surface area contributed by atoms with Gasteiger partial charge >= 0.3 is 5.97 Å². The van der Waals surface area contributed by atoms with Gasteiger partial charge in [-0.25, -0.2) is 4.79 Å². The molecule has 3 unspecified atom stereocenters. The van der Waals surface area contributed by atoms with Crippen LogP contribution in [0.3, 0.4) is 0 Å². The van der Waals surface area contributed by atoms with Crippen LogP contribution in [0.1, 0.15) is 29.6 Å². The Morgan fingerprint density at radius 2 is 1.82 bits per heavy atom. The Morgan fingerprint density at radius 1 is 1.07 bits per heavy atom. The van der Waals surface area contributed by atoms with Crippen LogP contribution in [-0.2, 0) is 28.5 Å². The zero-order valence-corrected chi connectivity index (χ0v) is 23.9. The van der Waals surface area contributed by atoms with E-state index >= 15 is 0 Å². The van der Waals surface area contributed by atoms with Crippen LogP contribution in [-0.4, -0.2) is 106 Å². The molecule has 5 aliphatic carbocycles. The third-order valence-corrected chi connectivity index (χ3v) is 12.1. The Kier molecular flexibility index (Phi) is 6.11.